The van der Waals surface area contributed by atoms with Crippen LogP contribution in [0, 0.1) is 0 Å². The molecule has 0 saturated carbocycles. The summed E-state index contributed by atoms with van der Waals surface area (Å²) >= 11 is 5.40. The molecule has 4 heteroatoms. The molecule has 0 aromatic heterocycles. The van der Waals surface area contributed by atoms with E-state index in [1.165, 1.54) is 6.66 Å². The van der Waals surface area contributed by atoms with Crippen LogP contribution in [0.4, 0.5) is 0 Å². The number of hydrogen-bond donors (Lipinski definition) is 0. The minimum atomic E-state index is -2.92. The lowest BCUT2D eigenvalue weighted by Crippen LogP contribution is -1.82. The molecule has 1 rings (SSSR count). The number of benzene rings is 1. The molecule has 0 aliphatic carbocycles. The summed E-state index contributed by atoms with van der Waals surface area (Å²) in [6.45, 7) is -1.55. The van der Waals surface area contributed by atoms with Crippen molar-refractivity contribution in [3.05, 3.63) is 30.3 Å². The van der Waals surface area contributed by atoms with E-state index in [4.69, 9.17) is 15.8 Å². The van der Waals surface area contributed by atoms with E-state index in [1.807, 2.05) is 6.07 Å². The van der Waals surface area contributed by atoms with Crippen molar-refractivity contribution in [1.82, 2.24) is 0 Å². The fraction of sp³-hybridized carbons (Fsp3) is 0.143. The molecule has 0 aliphatic rings. The molecule has 0 amide bonds. The molecule has 1 atom stereocenters. The van der Waals surface area contributed by atoms with Gasteiger partial charge >= 0.3 is 6.72 Å². The third kappa shape index (κ3) is 3.45. The van der Waals surface area contributed by atoms with Gasteiger partial charge < -0.3 is 4.52 Å². The molecule has 0 bridgehead atoms. The third-order valence-electron chi connectivity index (χ3n) is 1.01. The van der Waals surface area contributed by atoms with Crippen LogP contribution in [-0.4, -0.2) is 6.66 Å². The van der Waals surface area contributed by atoms with Gasteiger partial charge in [0.05, 0.1) is 0 Å². The van der Waals surface area contributed by atoms with Crippen LogP contribution in [0.3, 0.4) is 0 Å². The molecule has 0 spiro atoms. The Labute approximate surface area is 70.4 Å². The Bertz CT molecular complexity index is 267. The highest BCUT2D eigenvalue weighted by Gasteiger charge is 2.10. The number of hydrogen-bond acceptors (Lipinski definition) is 2. The van der Waals surface area contributed by atoms with Gasteiger partial charge in [0.15, 0.2) is 0 Å². The summed E-state index contributed by atoms with van der Waals surface area (Å²) in [4.78, 5) is 0. The van der Waals surface area contributed by atoms with E-state index in [-0.39, 0.29) is 0 Å². The molecule has 0 radical (unpaired) electrons. The Kier molecular flexibility index (Phi) is 2.58. The SMILES string of the molecule is CP(=O)(Cl)Oc1ccccc1. The minimum Gasteiger partial charge on any atom is -0.433 e. The summed E-state index contributed by atoms with van der Waals surface area (Å²) < 4.78 is 15.8. The predicted molar refractivity (Wildman–Crippen MR) is 46.5 cm³/mol. The van der Waals surface area contributed by atoms with Crippen molar-refractivity contribution in [2.24, 2.45) is 0 Å². The van der Waals surface area contributed by atoms with E-state index in [2.05, 4.69) is 0 Å². The van der Waals surface area contributed by atoms with Gasteiger partial charge in [0.1, 0.15) is 5.75 Å². The molecule has 0 aliphatic heterocycles. The molecular formula is C7H8ClO2P. The first-order valence-electron chi connectivity index (χ1n) is 3.10. The molecule has 1 unspecified atom stereocenters. The third-order valence-corrected chi connectivity index (χ3v) is 1.76. The molecule has 2 nitrogen and oxygen atoms in total. The van der Waals surface area contributed by atoms with Gasteiger partial charge in [-0.1, -0.05) is 18.2 Å². The van der Waals surface area contributed by atoms with Gasteiger partial charge in [0.2, 0.25) is 0 Å². The highest BCUT2D eigenvalue weighted by Crippen LogP contribution is 2.47. The summed E-state index contributed by atoms with van der Waals surface area (Å²) in [6.07, 6.45) is 0. The van der Waals surface area contributed by atoms with E-state index >= 15 is 0 Å². The topological polar surface area (TPSA) is 26.3 Å². The number of para-hydroxylation sites is 1. The van der Waals surface area contributed by atoms with Crippen LogP contribution < -0.4 is 4.52 Å². The summed E-state index contributed by atoms with van der Waals surface area (Å²) in [5.74, 6) is 0.535. The zero-order chi connectivity index (χ0) is 8.32. The molecule has 0 heterocycles. The largest absolute Gasteiger partial charge is 0.433 e. The van der Waals surface area contributed by atoms with Crippen LogP contribution in [0.5, 0.6) is 5.75 Å². The zero-order valence-corrected chi connectivity index (χ0v) is 7.68. The Balaban J connectivity index is 2.74. The van der Waals surface area contributed by atoms with E-state index in [9.17, 15) is 4.57 Å². The van der Waals surface area contributed by atoms with Crippen molar-refractivity contribution in [3.8, 4) is 5.75 Å². The van der Waals surface area contributed by atoms with Crippen LogP contribution in [-0.2, 0) is 4.57 Å². The molecular weight excluding hydrogens is 183 g/mol. The molecule has 0 N–H and O–H groups in total. The summed E-state index contributed by atoms with van der Waals surface area (Å²) in [6, 6.07) is 8.85. The quantitative estimate of drug-likeness (QED) is 0.670. The molecule has 60 valence electrons. The number of halogens is 1. The van der Waals surface area contributed by atoms with Crippen molar-refractivity contribution < 1.29 is 9.09 Å². The molecule has 0 fully saturated rings. The van der Waals surface area contributed by atoms with E-state index in [0.717, 1.165) is 0 Å². The Morgan fingerprint density at radius 1 is 1.36 bits per heavy atom. The molecule has 1 aromatic carbocycles. The van der Waals surface area contributed by atoms with Gasteiger partial charge in [-0.25, -0.2) is 0 Å². The highest BCUT2D eigenvalue weighted by atomic mass is 35.7. The Hall–Kier alpha value is -0.460. The number of rotatable bonds is 2. The van der Waals surface area contributed by atoms with E-state index in [1.54, 1.807) is 24.3 Å². The van der Waals surface area contributed by atoms with E-state index in [0.29, 0.717) is 5.75 Å². The van der Waals surface area contributed by atoms with Gasteiger partial charge in [-0.2, -0.15) is 0 Å². The summed E-state index contributed by atoms with van der Waals surface area (Å²) in [7, 11) is 0. The van der Waals surface area contributed by atoms with Crippen molar-refractivity contribution >= 4 is 18.0 Å². The van der Waals surface area contributed by atoms with Gasteiger partial charge in [0.25, 0.3) is 0 Å². The lowest BCUT2D eigenvalue weighted by atomic mass is 10.3. The second-order valence-electron chi connectivity index (χ2n) is 2.15. The molecule has 11 heavy (non-hydrogen) atoms. The van der Waals surface area contributed by atoms with Gasteiger partial charge in [-0.15, -0.1) is 0 Å². The standard InChI is InChI=1S/C7H8ClO2P/c1-11(8,9)10-7-5-3-2-4-6-7/h2-6H,1H3. The summed E-state index contributed by atoms with van der Waals surface area (Å²) in [5, 5.41) is 0. The zero-order valence-electron chi connectivity index (χ0n) is 6.03. The minimum absolute atomic E-state index is 0.535. The monoisotopic (exact) mass is 190 g/mol. The maximum atomic E-state index is 10.9. The lowest BCUT2D eigenvalue weighted by Gasteiger charge is -2.06. The smallest absolute Gasteiger partial charge is 0.333 e. The van der Waals surface area contributed by atoms with Crippen molar-refractivity contribution in [1.29, 1.82) is 0 Å². The van der Waals surface area contributed by atoms with Crippen LogP contribution in [0.15, 0.2) is 30.3 Å². The normalized spacial score (nSPS) is 15.5. The molecule has 0 saturated heterocycles. The maximum Gasteiger partial charge on any atom is 0.333 e. The first-order valence-corrected chi connectivity index (χ1v) is 6.07. The summed E-state index contributed by atoms with van der Waals surface area (Å²) in [5.41, 5.74) is 0. The fourth-order valence-corrected chi connectivity index (χ4v) is 1.41. The maximum absolute atomic E-state index is 10.9. The second kappa shape index (κ2) is 3.29. The predicted octanol–water partition coefficient (Wildman–Crippen LogP) is 3.13. The van der Waals surface area contributed by atoms with Gasteiger partial charge in [-0.3, -0.25) is 4.57 Å². The van der Waals surface area contributed by atoms with Crippen LogP contribution in [0.1, 0.15) is 0 Å². The van der Waals surface area contributed by atoms with Gasteiger partial charge in [0, 0.05) is 6.66 Å². The van der Waals surface area contributed by atoms with Crippen molar-refractivity contribution in [3.63, 3.8) is 0 Å². The van der Waals surface area contributed by atoms with Crippen molar-refractivity contribution in [2.75, 3.05) is 6.66 Å². The lowest BCUT2D eigenvalue weighted by molar-refractivity contribution is 0.504. The highest BCUT2D eigenvalue weighted by molar-refractivity contribution is 7.85. The van der Waals surface area contributed by atoms with Crippen LogP contribution >= 0.6 is 18.0 Å². The molecule has 1 aromatic rings. The average Bonchev–Trinajstić information content (AvgIpc) is 1.85. The van der Waals surface area contributed by atoms with Crippen LogP contribution in [0.25, 0.3) is 0 Å². The Morgan fingerprint density at radius 3 is 2.36 bits per heavy atom. The van der Waals surface area contributed by atoms with Crippen LogP contribution in [0.2, 0.25) is 0 Å². The first-order chi connectivity index (χ1) is 5.08. The Morgan fingerprint density at radius 2 is 1.91 bits per heavy atom. The average molecular weight is 191 g/mol. The van der Waals surface area contributed by atoms with E-state index < -0.39 is 6.72 Å². The first kappa shape index (κ1) is 8.63. The van der Waals surface area contributed by atoms with Gasteiger partial charge in [-0.05, 0) is 23.4 Å². The van der Waals surface area contributed by atoms with Crippen molar-refractivity contribution in [2.45, 2.75) is 0 Å². The second-order valence-corrected chi connectivity index (χ2v) is 5.67. The fourth-order valence-electron chi connectivity index (χ4n) is 0.670.